The third kappa shape index (κ3) is 3.97. The largest absolute Gasteiger partial charge is 0.324 e. The van der Waals surface area contributed by atoms with Crippen LogP contribution in [0.4, 0.5) is 5.69 Å². The summed E-state index contributed by atoms with van der Waals surface area (Å²) in [6, 6.07) is 16.0. The van der Waals surface area contributed by atoms with Crippen LogP contribution >= 0.6 is 0 Å². The van der Waals surface area contributed by atoms with Gasteiger partial charge in [0.1, 0.15) is 6.04 Å². The lowest BCUT2D eigenvalue weighted by Crippen LogP contribution is -2.33. The van der Waals surface area contributed by atoms with Crippen LogP contribution < -0.4 is 10.9 Å². The smallest absolute Gasteiger partial charge is 0.267 e. The Morgan fingerprint density at radius 1 is 0.963 bits per heavy atom. The van der Waals surface area contributed by atoms with E-state index in [1.807, 2.05) is 63.2 Å². The van der Waals surface area contributed by atoms with Gasteiger partial charge in [0.05, 0.1) is 5.69 Å². The van der Waals surface area contributed by atoms with Crippen molar-refractivity contribution in [1.29, 1.82) is 0 Å². The van der Waals surface area contributed by atoms with E-state index in [4.69, 9.17) is 0 Å². The molecule has 0 aliphatic carbocycles. The second kappa shape index (κ2) is 7.58. The molecule has 27 heavy (non-hydrogen) atoms. The monoisotopic (exact) mass is 361 g/mol. The fraction of sp³-hybridized carbons (Fsp3) is 0.227. The predicted octanol–water partition coefficient (Wildman–Crippen LogP) is 4.04. The molecule has 138 valence electrons. The van der Waals surface area contributed by atoms with E-state index in [0.29, 0.717) is 5.69 Å². The van der Waals surface area contributed by atoms with Crippen LogP contribution in [0.15, 0.2) is 59.4 Å². The van der Waals surface area contributed by atoms with E-state index in [-0.39, 0.29) is 11.5 Å². The second-order valence-electron chi connectivity index (χ2n) is 6.78. The first-order valence-corrected chi connectivity index (χ1v) is 8.91. The summed E-state index contributed by atoms with van der Waals surface area (Å²) in [7, 11) is 0. The molecule has 0 spiro atoms. The lowest BCUT2D eigenvalue weighted by Gasteiger charge is -2.16. The molecule has 1 unspecified atom stereocenters. The average Bonchev–Trinajstić information content (AvgIpc) is 2.65. The summed E-state index contributed by atoms with van der Waals surface area (Å²) in [4.78, 5) is 25.0. The molecule has 1 N–H and O–H groups in total. The molecule has 1 atom stereocenters. The number of carbonyl (C=O) groups excluding carboxylic acids is 1. The first-order valence-electron chi connectivity index (χ1n) is 8.91. The number of aromatic nitrogens is 2. The molecular weight excluding hydrogens is 338 g/mol. The molecule has 3 rings (SSSR count). The number of anilines is 1. The van der Waals surface area contributed by atoms with Crippen molar-refractivity contribution in [3.05, 3.63) is 81.6 Å². The number of aryl methyl sites for hydroxylation is 3. The summed E-state index contributed by atoms with van der Waals surface area (Å²) in [5, 5.41) is 7.31. The highest BCUT2D eigenvalue weighted by Crippen LogP contribution is 2.20. The van der Waals surface area contributed by atoms with Crippen molar-refractivity contribution in [3.63, 3.8) is 0 Å². The SMILES string of the molecule is Cc1ccc(-c2ccc(=O)n(C(C)C(=O)Nc3ccccc3C)n2)cc1C. The van der Waals surface area contributed by atoms with Gasteiger partial charge in [0.2, 0.25) is 5.91 Å². The molecule has 0 saturated carbocycles. The number of nitrogens with zero attached hydrogens (tertiary/aromatic N) is 2. The number of benzene rings is 2. The average molecular weight is 361 g/mol. The van der Waals surface area contributed by atoms with Crippen LogP contribution in [0, 0.1) is 20.8 Å². The minimum absolute atomic E-state index is 0.281. The molecule has 0 saturated heterocycles. The van der Waals surface area contributed by atoms with Crippen LogP contribution in [0.3, 0.4) is 0 Å². The maximum atomic E-state index is 12.7. The minimum atomic E-state index is -0.733. The number of nitrogens with one attached hydrogen (secondary N) is 1. The first-order chi connectivity index (χ1) is 12.9. The summed E-state index contributed by atoms with van der Waals surface area (Å²) in [5.74, 6) is -0.281. The standard InChI is InChI=1S/C22H23N3O2/c1-14-9-10-18(13-16(14)3)20-11-12-21(26)25(24-20)17(4)22(27)23-19-8-6-5-7-15(19)2/h5-13,17H,1-4H3,(H,23,27). The maximum Gasteiger partial charge on any atom is 0.267 e. The zero-order valence-electron chi connectivity index (χ0n) is 16.0. The number of carbonyl (C=O) groups is 1. The quantitative estimate of drug-likeness (QED) is 0.763. The van der Waals surface area contributed by atoms with Crippen molar-refractivity contribution in [3.8, 4) is 11.3 Å². The molecular formula is C22H23N3O2. The van der Waals surface area contributed by atoms with Gasteiger partial charge in [-0.05, 0) is 62.6 Å². The molecule has 5 heteroatoms. The molecule has 0 radical (unpaired) electrons. The second-order valence-corrected chi connectivity index (χ2v) is 6.78. The van der Waals surface area contributed by atoms with Crippen molar-refractivity contribution in [2.45, 2.75) is 33.7 Å². The van der Waals surface area contributed by atoms with E-state index in [0.717, 1.165) is 22.4 Å². The van der Waals surface area contributed by atoms with Crippen LogP contribution in [-0.2, 0) is 4.79 Å². The van der Waals surface area contributed by atoms with Gasteiger partial charge >= 0.3 is 0 Å². The Bertz CT molecular complexity index is 1050. The van der Waals surface area contributed by atoms with E-state index < -0.39 is 6.04 Å². The highest BCUT2D eigenvalue weighted by atomic mass is 16.2. The van der Waals surface area contributed by atoms with E-state index in [2.05, 4.69) is 10.4 Å². The van der Waals surface area contributed by atoms with E-state index in [9.17, 15) is 9.59 Å². The molecule has 2 aromatic carbocycles. The van der Waals surface area contributed by atoms with Crippen LogP contribution in [0.5, 0.6) is 0 Å². The Balaban J connectivity index is 1.91. The van der Waals surface area contributed by atoms with Crippen molar-refractivity contribution >= 4 is 11.6 Å². The van der Waals surface area contributed by atoms with Crippen LogP contribution in [0.25, 0.3) is 11.3 Å². The summed E-state index contributed by atoms with van der Waals surface area (Å²) in [6.07, 6.45) is 0. The number of rotatable bonds is 4. The van der Waals surface area contributed by atoms with Gasteiger partial charge in [-0.1, -0.05) is 30.3 Å². The van der Waals surface area contributed by atoms with Gasteiger partial charge in [-0.15, -0.1) is 0 Å². The topological polar surface area (TPSA) is 64.0 Å². The Kier molecular flexibility index (Phi) is 5.21. The van der Waals surface area contributed by atoms with Gasteiger partial charge < -0.3 is 5.32 Å². The van der Waals surface area contributed by atoms with E-state index in [1.165, 1.54) is 16.3 Å². The number of hydrogen-bond donors (Lipinski definition) is 1. The predicted molar refractivity (Wildman–Crippen MR) is 108 cm³/mol. The van der Waals surface area contributed by atoms with Gasteiger partial charge in [0.25, 0.3) is 5.56 Å². The van der Waals surface area contributed by atoms with Crippen molar-refractivity contribution in [2.24, 2.45) is 0 Å². The van der Waals surface area contributed by atoms with Gasteiger partial charge in [-0.25, -0.2) is 4.68 Å². The fourth-order valence-corrected chi connectivity index (χ4v) is 2.82. The molecule has 1 heterocycles. The van der Waals surface area contributed by atoms with Crippen LogP contribution in [-0.4, -0.2) is 15.7 Å². The van der Waals surface area contributed by atoms with Gasteiger partial charge in [0, 0.05) is 17.3 Å². The summed E-state index contributed by atoms with van der Waals surface area (Å²) in [6.45, 7) is 7.68. The Morgan fingerprint density at radius 2 is 1.70 bits per heavy atom. The maximum absolute atomic E-state index is 12.7. The first kappa shape index (κ1) is 18.6. The molecule has 1 amide bonds. The van der Waals surface area contributed by atoms with E-state index >= 15 is 0 Å². The van der Waals surface area contributed by atoms with Gasteiger partial charge in [-0.2, -0.15) is 5.10 Å². The lowest BCUT2D eigenvalue weighted by molar-refractivity contribution is -0.119. The molecule has 1 aromatic heterocycles. The third-order valence-electron chi connectivity index (χ3n) is 4.78. The van der Waals surface area contributed by atoms with Crippen molar-refractivity contribution in [2.75, 3.05) is 5.32 Å². The lowest BCUT2D eigenvalue weighted by atomic mass is 10.0. The van der Waals surface area contributed by atoms with Crippen molar-refractivity contribution in [1.82, 2.24) is 9.78 Å². The molecule has 0 aliphatic heterocycles. The number of amides is 1. The number of hydrogen-bond acceptors (Lipinski definition) is 3. The molecule has 0 bridgehead atoms. The van der Waals surface area contributed by atoms with E-state index in [1.54, 1.807) is 13.0 Å². The zero-order chi connectivity index (χ0) is 19.6. The van der Waals surface area contributed by atoms with Gasteiger partial charge in [0.15, 0.2) is 0 Å². The Morgan fingerprint density at radius 3 is 2.41 bits per heavy atom. The van der Waals surface area contributed by atoms with Gasteiger partial charge in [-0.3, -0.25) is 9.59 Å². The molecule has 5 nitrogen and oxygen atoms in total. The zero-order valence-corrected chi connectivity index (χ0v) is 16.0. The van der Waals surface area contributed by atoms with Crippen LogP contribution in [0.2, 0.25) is 0 Å². The minimum Gasteiger partial charge on any atom is -0.324 e. The highest BCUT2D eigenvalue weighted by molar-refractivity contribution is 5.94. The Hall–Kier alpha value is -3.21. The summed E-state index contributed by atoms with van der Waals surface area (Å²) in [5.41, 5.74) is 5.30. The molecule has 3 aromatic rings. The Labute approximate surface area is 158 Å². The summed E-state index contributed by atoms with van der Waals surface area (Å²) >= 11 is 0. The summed E-state index contributed by atoms with van der Waals surface area (Å²) < 4.78 is 1.23. The van der Waals surface area contributed by atoms with Crippen LogP contribution in [0.1, 0.15) is 29.7 Å². The highest BCUT2D eigenvalue weighted by Gasteiger charge is 2.19. The normalized spacial score (nSPS) is 11.9. The number of para-hydroxylation sites is 1. The molecule has 0 fully saturated rings. The third-order valence-corrected chi connectivity index (χ3v) is 4.78. The molecule has 0 aliphatic rings. The fourth-order valence-electron chi connectivity index (χ4n) is 2.82. The van der Waals surface area contributed by atoms with Crippen molar-refractivity contribution < 1.29 is 4.79 Å².